The fraction of sp³-hybridized carbons (Fsp3) is 0.562. The molecule has 2 rings (SSSR count). The summed E-state index contributed by atoms with van der Waals surface area (Å²) < 4.78 is 0.973. The lowest BCUT2D eigenvalue weighted by molar-refractivity contribution is 0.0836. The van der Waals surface area contributed by atoms with Crippen LogP contribution in [0.1, 0.15) is 49.0 Å². The average Bonchev–Trinajstić information content (AvgIpc) is 2.35. The van der Waals surface area contributed by atoms with Crippen molar-refractivity contribution in [3.8, 4) is 0 Å². The molecule has 2 heteroatoms. The van der Waals surface area contributed by atoms with E-state index < -0.39 is 0 Å². The number of hydrogen-bond donors (Lipinski definition) is 0. The van der Waals surface area contributed by atoms with E-state index >= 15 is 0 Å². The van der Waals surface area contributed by atoms with Gasteiger partial charge in [-0.15, -0.1) is 0 Å². The Morgan fingerprint density at radius 2 is 1.94 bits per heavy atom. The summed E-state index contributed by atoms with van der Waals surface area (Å²) in [6.45, 7) is 6.61. The molecule has 1 aromatic rings. The summed E-state index contributed by atoms with van der Waals surface area (Å²) >= 11 is 3.55. The molecular weight excluding hydrogens is 288 g/mol. The van der Waals surface area contributed by atoms with Crippen molar-refractivity contribution >= 4 is 21.7 Å². The first kappa shape index (κ1) is 13.8. The van der Waals surface area contributed by atoms with Crippen LogP contribution in [0, 0.1) is 24.7 Å². The van der Waals surface area contributed by atoms with Gasteiger partial charge in [0.1, 0.15) is 0 Å². The summed E-state index contributed by atoms with van der Waals surface area (Å²) in [5.74, 6) is 1.96. The van der Waals surface area contributed by atoms with Crippen LogP contribution in [0.2, 0.25) is 0 Å². The van der Waals surface area contributed by atoms with E-state index in [0.717, 1.165) is 34.4 Å². The zero-order chi connectivity index (χ0) is 13.3. The lowest BCUT2D eigenvalue weighted by atomic mass is 9.73. The molecule has 1 aliphatic carbocycles. The highest BCUT2D eigenvalue weighted by atomic mass is 79.9. The summed E-state index contributed by atoms with van der Waals surface area (Å²) in [7, 11) is 0. The maximum atomic E-state index is 12.6. The van der Waals surface area contributed by atoms with Crippen molar-refractivity contribution < 1.29 is 4.79 Å². The van der Waals surface area contributed by atoms with E-state index in [2.05, 4.69) is 29.8 Å². The molecule has 98 valence electrons. The molecule has 0 heterocycles. The fourth-order valence-corrected chi connectivity index (χ4v) is 3.30. The van der Waals surface area contributed by atoms with Gasteiger partial charge in [-0.25, -0.2) is 0 Å². The Hall–Kier alpha value is -0.630. The van der Waals surface area contributed by atoms with Crippen molar-refractivity contribution in [3.05, 3.63) is 33.8 Å². The Morgan fingerprint density at radius 1 is 1.22 bits per heavy atom. The first-order chi connectivity index (χ1) is 8.50. The molecule has 1 saturated carbocycles. The Bertz CT molecular complexity index is 452. The van der Waals surface area contributed by atoms with E-state index in [1.54, 1.807) is 0 Å². The highest BCUT2D eigenvalue weighted by Crippen LogP contribution is 2.36. The van der Waals surface area contributed by atoms with Crippen molar-refractivity contribution in [2.45, 2.75) is 40.0 Å². The summed E-state index contributed by atoms with van der Waals surface area (Å²) in [6, 6.07) is 5.96. The molecule has 3 unspecified atom stereocenters. The molecule has 0 bridgehead atoms. The lowest BCUT2D eigenvalue weighted by Gasteiger charge is -2.31. The van der Waals surface area contributed by atoms with Gasteiger partial charge < -0.3 is 0 Å². The van der Waals surface area contributed by atoms with Crippen LogP contribution in [0.5, 0.6) is 0 Å². The Kier molecular flexibility index (Phi) is 4.26. The van der Waals surface area contributed by atoms with Gasteiger partial charge in [0, 0.05) is 16.0 Å². The molecule has 1 aliphatic rings. The predicted molar refractivity (Wildman–Crippen MR) is 78.9 cm³/mol. The summed E-state index contributed by atoms with van der Waals surface area (Å²) in [4.78, 5) is 12.6. The third kappa shape index (κ3) is 2.69. The van der Waals surface area contributed by atoms with E-state index in [0.29, 0.717) is 11.7 Å². The van der Waals surface area contributed by atoms with Crippen LogP contribution in [0.15, 0.2) is 22.7 Å². The second-order valence-corrected chi connectivity index (χ2v) is 6.56. The number of aryl methyl sites for hydroxylation is 1. The van der Waals surface area contributed by atoms with Gasteiger partial charge in [0.2, 0.25) is 0 Å². The largest absolute Gasteiger partial charge is 0.294 e. The van der Waals surface area contributed by atoms with E-state index in [4.69, 9.17) is 0 Å². The van der Waals surface area contributed by atoms with Crippen molar-refractivity contribution in [2.75, 3.05) is 0 Å². The van der Waals surface area contributed by atoms with Gasteiger partial charge in [-0.3, -0.25) is 4.79 Å². The van der Waals surface area contributed by atoms with Gasteiger partial charge in [0.05, 0.1) is 0 Å². The molecule has 1 nitrogen and oxygen atoms in total. The van der Waals surface area contributed by atoms with Gasteiger partial charge in [-0.05, 0) is 59.5 Å². The van der Waals surface area contributed by atoms with Crippen molar-refractivity contribution in [2.24, 2.45) is 17.8 Å². The minimum atomic E-state index is 0.217. The second kappa shape index (κ2) is 5.56. The Labute approximate surface area is 118 Å². The molecule has 18 heavy (non-hydrogen) atoms. The third-order valence-corrected chi connectivity index (χ3v) is 5.48. The predicted octanol–water partition coefficient (Wildman–Crippen LogP) is 5.01. The van der Waals surface area contributed by atoms with Crippen molar-refractivity contribution in [1.29, 1.82) is 0 Å². The van der Waals surface area contributed by atoms with Gasteiger partial charge in [0.15, 0.2) is 5.78 Å². The highest BCUT2D eigenvalue weighted by molar-refractivity contribution is 9.10. The maximum Gasteiger partial charge on any atom is 0.167 e. The number of ketones is 1. The summed E-state index contributed by atoms with van der Waals surface area (Å²) in [5.41, 5.74) is 2.00. The minimum Gasteiger partial charge on any atom is -0.294 e. The number of rotatable bonds is 2. The van der Waals surface area contributed by atoms with Crippen LogP contribution < -0.4 is 0 Å². The molecule has 1 fully saturated rings. The van der Waals surface area contributed by atoms with Crippen LogP contribution in [0.4, 0.5) is 0 Å². The number of hydrogen-bond acceptors (Lipinski definition) is 1. The minimum absolute atomic E-state index is 0.217. The van der Waals surface area contributed by atoms with Crippen LogP contribution in [-0.2, 0) is 0 Å². The number of Topliss-reactive ketones (excluding diaryl/α,β-unsaturated/α-hetero) is 1. The number of halogens is 1. The molecule has 1 aromatic carbocycles. The normalized spacial score (nSPS) is 28.1. The van der Waals surface area contributed by atoms with Crippen LogP contribution in [0.3, 0.4) is 0 Å². The molecule has 0 N–H and O–H groups in total. The third-order valence-electron chi connectivity index (χ3n) is 4.43. The van der Waals surface area contributed by atoms with E-state index in [-0.39, 0.29) is 5.92 Å². The number of benzene rings is 1. The molecule has 0 radical (unpaired) electrons. The standard InChI is InChI=1S/C16H21BrO/c1-10-7-8-13(9-12(10)3)16(18)14-6-4-5-11(2)15(14)17/h4-6,10,12-13H,7-9H2,1-3H3. The highest BCUT2D eigenvalue weighted by Gasteiger charge is 2.30. The monoisotopic (exact) mass is 308 g/mol. The van der Waals surface area contributed by atoms with E-state index in [1.807, 2.05) is 25.1 Å². The zero-order valence-electron chi connectivity index (χ0n) is 11.4. The quantitative estimate of drug-likeness (QED) is 0.702. The first-order valence-electron chi connectivity index (χ1n) is 6.80. The van der Waals surface area contributed by atoms with Crippen molar-refractivity contribution in [3.63, 3.8) is 0 Å². The number of carbonyl (C=O) groups excluding carboxylic acids is 1. The lowest BCUT2D eigenvalue weighted by Crippen LogP contribution is -2.26. The van der Waals surface area contributed by atoms with E-state index in [1.165, 1.54) is 6.42 Å². The SMILES string of the molecule is Cc1cccc(C(=O)C2CCC(C)C(C)C2)c1Br. The Balaban J connectivity index is 2.19. The van der Waals surface area contributed by atoms with Crippen LogP contribution >= 0.6 is 15.9 Å². The van der Waals surface area contributed by atoms with Gasteiger partial charge in [-0.2, -0.15) is 0 Å². The summed E-state index contributed by atoms with van der Waals surface area (Å²) in [6.07, 6.45) is 3.27. The summed E-state index contributed by atoms with van der Waals surface area (Å²) in [5, 5.41) is 0. The molecule has 0 aromatic heterocycles. The smallest absolute Gasteiger partial charge is 0.167 e. The second-order valence-electron chi connectivity index (χ2n) is 5.77. The van der Waals surface area contributed by atoms with Crippen molar-refractivity contribution in [1.82, 2.24) is 0 Å². The van der Waals surface area contributed by atoms with Crippen LogP contribution in [0.25, 0.3) is 0 Å². The number of carbonyl (C=O) groups is 1. The molecule has 0 saturated heterocycles. The topological polar surface area (TPSA) is 17.1 Å². The molecule has 0 spiro atoms. The average molecular weight is 309 g/mol. The van der Waals surface area contributed by atoms with Gasteiger partial charge in [-0.1, -0.05) is 32.0 Å². The van der Waals surface area contributed by atoms with Crippen LogP contribution in [-0.4, -0.2) is 5.78 Å². The Morgan fingerprint density at radius 3 is 2.61 bits per heavy atom. The fourth-order valence-electron chi connectivity index (χ4n) is 2.84. The molecule has 0 aliphatic heterocycles. The van der Waals surface area contributed by atoms with Gasteiger partial charge >= 0.3 is 0 Å². The first-order valence-corrected chi connectivity index (χ1v) is 7.59. The maximum absolute atomic E-state index is 12.6. The zero-order valence-corrected chi connectivity index (χ0v) is 13.0. The molecular formula is C16H21BrO. The van der Waals surface area contributed by atoms with E-state index in [9.17, 15) is 4.79 Å². The molecule has 3 atom stereocenters. The van der Waals surface area contributed by atoms with Gasteiger partial charge in [0.25, 0.3) is 0 Å². The molecule has 0 amide bonds.